The molecule has 66 valence electrons. The van der Waals surface area contributed by atoms with Crippen LogP contribution in [0.5, 0.6) is 0 Å². The molecule has 5 aliphatic carbocycles. The first-order valence-corrected chi connectivity index (χ1v) is 5.80. The zero-order chi connectivity index (χ0) is 7.81. The van der Waals surface area contributed by atoms with Crippen molar-refractivity contribution in [2.24, 2.45) is 22.7 Å². The molecule has 2 bridgehead atoms. The summed E-state index contributed by atoms with van der Waals surface area (Å²) < 4.78 is 0. The van der Waals surface area contributed by atoms with E-state index in [1.807, 2.05) is 0 Å². The Morgan fingerprint density at radius 1 is 1.00 bits per heavy atom. The van der Waals surface area contributed by atoms with E-state index in [4.69, 9.17) is 0 Å². The first-order chi connectivity index (χ1) is 5.80. The molecule has 0 nitrogen and oxygen atoms in total. The average molecular weight is 162 g/mol. The highest BCUT2D eigenvalue weighted by Crippen LogP contribution is 2.76. The van der Waals surface area contributed by atoms with Gasteiger partial charge in [0.2, 0.25) is 0 Å². The minimum absolute atomic E-state index is 0.913. The van der Waals surface area contributed by atoms with Crippen molar-refractivity contribution >= 4 is 0 Å². The van der Waals surface area contributed by atoms with Crippen LogP contribution in [-0.2, 0) is 0 Å². The largest absolute Gasteiger partial charge is 0.0522 e. The van der Waals surface area contributed by atoms with E-state index in [1.165, 1.54) is 11.8 Å². The average Bonchev–Trinajstić information content (AvgIpc) is 2.35. The van der Waals surface area contributed by atoms with Gasteiger partial charge >= 0.3 is 0 Å². The van der Waals surface area contributed by atoms with Gasteiger partial charge in [-0.3, -0.25) is 0 Å². The summed E-state index contributed by atoms with van der Waals surface area (Å²) >= 11 is 0. The van der Waals surface area contributed by atoms with E-state index in [9.17, 15) is 0 Å². The van der Waals surface area contributed by atoms with E-state index in [2.05, 4.69) is 0 Å². The molecule has 1 unspecified atom stereocenters. The molecule has 0 amide bonds. The Labute approximate surface area is 74.7 Å². The van der Waals surface area contributed by atoms with Gasteiger partial charge in [0, 0.05) is 0 Å². The first kappa shape index (κ1) is 6.45. The molecule has 0 heterocycles. The van der Waals surface area contributed by atoms with Crippen LogP contribution in [0.4, 0.5) is 0 Å². The van der Waals surface area contributed by atoms with Gasteiger partial charge in [0.05, 0.1) is 0 Å². The van der Waals surface area contributed by atoms with Gasteiger partial charge in [-0.25, -0.2) is 0 Å². The van der Waals surface area contributed by atoms with E-state index >= 15 is 0 Å². The van der Waals surface area contributed by atoms with Gasteiger partial charge in [0.1, 0.15) is 0 Å². The van der Waals surface area contributed by atoms with Crippen LogP contribution < -0.4 is 0 Å². The van der Waals surface area contributed by atoms with Crippen molar-refractivity contribution in [3.63, 3.8) is 0 Å². The van der Waals surface area contributed by atoms with Crippen molar-refractivity contribution in [3.05, 3.63) is 0 Å². The molecule has 0 aromatic heterocycles. The molecule has 5 fully saturated rings. The van der Waals surface area contributed by atoms with Gasteiger partial charge < -0.3 is 0 Å². The van der Waals surface area contributed by atoms with Crippen molar-refractivity contribution in [1.82, 2.24) is 0 Å². The maximum atomic E-state index is 1.65. The lowest BCUT2D eigenvalue weighted by atomic mass is 9.60. The third-order valence-electron chi connectivity index (χ3n) is 5.69. The summed E-state index contributed by atoms with van der Waals surface area (Å²) in [5.41, 5.74) is 1.85. The van der Waals surface area contributed by atoms with Crippen LogP contribution in [0.1, 0.15) is 51.4 Å². The molecule has 1 atom stereocenters. The fraction of sp³-hybridized carbons (Fsp3) is 1.00. The van der Waals surface area contributed by atoms with Gasteiger partial charge in [-0.05, 0) is 67.6 Å². The second kappa shape index (κ2) is 1.63. The summed E-state index contributed by atoms with van der Waals surface area (Å²) in [6.07, 6.45) is 12.9. The highest BCUT2D eigenvalue weighted by molar-refractivity contribution is 5.15. The third-order valence-corrected chi connectivity index (χ3v) is 5.69. The Morgan fingerprint density at radius 3 is 2.42 bits per heavy atom. The van der Waals surface area contributed by atoms with Crippen molar-refractivity contribution in [1.29, 1.82) is 0 Å². The van der Waals surface area contributed by atoms with E-state index in [0.717, 1.165) is 10.8 Å². The Kier molecular flexibility index (Phi) is 0.875. The Balaban J connectivity index is 1.69. The molecule has 2 spiro atoms. The quantitative estimate of drug-likeness (QED) is 0.512. The molecule has 0 N–H and O–H groups in total. The van der Waals surface area contributed by atoms with Gasteiger partial charge in [-0.1, -0.05) is 6.42 Å². The lowest BCUT2D eigenvalue weighted by Gasteiger charge is -2.45. The maximum Gasteiger partial charge on any atom is -0.0258 e. The Bertz CT molecular complexity index is 228. The molecule has 0 saturated heterocycles. The molecule has 0 aliphatic heterocycles. The van der Waals surface area contributed by atoms with Crippen LogP contribution in [0.2, 0.25) is 0 Å². The van der Waals surface area contributed by atoms with Crippen molar-refractivity contribution < 1.29 is 0 Å². The Morgan fingerprint density at radius 2 is 1.83 bits per heavy atom. The van der Waals surface area contributed by atoms with Gasteiger partial charge in [0.25, 0.3) is 0 Å². The normalized spacial score (nSPS) is 58.0. The smallest absolute Gasteiger partial charge is 0.0258 e. The monoisotopic (exact) mass is 162 g/mol. The lowest BCUT2D eigenvalue weighted by molar-refractivity contribution is 0.0618. The summed E-state index contributed by atoms with van der Waals surface area (Å²) in [6.45, 7) is 0. The molecule has 5 saturated carbocycles. The summed E-state index contributed by atoms with van der Waals surface area (Å²) in [5, 5.41) is 0. The molecule has 5 aliphatic rings. The zero-order valence-electron chi connectivity index (χ0n) is 7.81. The maximum absolute atomic E-state index is 1.65. The number of hydrogen-bond acceptors (Lipinski definition) is 0. The second-order valence-electron chi connectivity index (χ2n) is 6.30. The standard InChI is InChI=1S/C12H18/c1-2-11(3-1)7-10-4-9-5-12(10,6-9)8-11/h9-10H,1-8H2. The minimum atomic E-state index is 0.913. The first-order valence-electron chi connectivity index (χ1n) is 5.80. The molecular formula is C12H18. The zero-order valence-corrected chi connectivity index (χ0v) is 7.81. The molecule has 5 rings (SSSR count). The van der Waals surface area contributed by atoms with Gasteiger partial charge in [-0.2, -0.15) is 0 Å². The SMILES string of the molecule is C1CC2(C1)CC1CC3CC1(C3)C2. The highest BCUT2D eigenvalue weighted by atomic mass is 14.7. The van der Waals surface area contributed by atoms with Crippen LogP contribution in [0, 0.1) is 22.7 Å². The predicted molar refractivity (Wildman–Crippen MR) is 48.8 cm³/mol. The fourth-order valence-corrected chi connectivity index (χ4v) is 5.23. The Hall–Kier alpha value is 0. The van der Waals surface area contributed by atoms with Crippen LogP contribution in [0.25, 0.3) is 0 Å². The fourth-order valence-electron chi connectivity index (χ4n) is 5.23. The summed E-state index contributed by atoms with van der Waals surface area (Å²) in [4.78, 5) is 0. The van der Waals surface area contributed by atoms with Crippen LogP contribution >= 0.6 is 0 Å². The molecule has 0 radical (unpaired) electrons. The van der Waals surface area contributed by atoms with Crippen molar-refractivity contribution in [2.75, 3.05) is 0 Å². The van der Waals surface area contributed by atoms with E-state index < -0.39 is 0 Å². The third kappa shape index (κ3) is 0.533. The van der Waals surface area contributed by atoms with Crippen molar-refractivity contribution in [2.45, 2.75) is 51.4 Å². The molecule has 12 heavy (non-hydrogen) atoms. The van der Waals surface area contributed by atoms with Gasteiger partial charge in [0.15, 0.2) is 0 Å². The van der Waals surface area contributed by atoms with Gasteiger partial charge in [-0.15, -0.1) is 0 Å². The molecule has 0 aromatic rings. The minimum Gasteiger partial charge on any atom is -0.0522 e. The van der Waals surface area contributed by atoms with Crippen LogP contribution in [0.3, 0.4) is 0 Å². The highest BCUT2D eigenvalue weighted by Gasteiger charge is 2.65. The lowest BCUT2D eigenvalue weighted by Crippen LogP contribution is -2.33. The van der Waals surface area contributed by atoms with E-state index in [1.54, 1.807) is 51.4 Å². The number of hydrogen-bond donors (Lipinski definition) is 0. The summed E-state index contributed by atoms with van der Waals surface area (Å²) in [5.74, 6) is 2.38. The second-order valence-corrected chi connectivity index (χ2v) is 6.30. The van der Waals surface area contributed by atoms with Crippen molar-refractivity contribution in [3.8, 4) is 0 Å². The van der Waals surface area contributed by atoms with Crippen LogP contribution in [-0.4, -0.2) is 0 Å². The van der Waals surface area contributed by atoms with E-state index in [0.29, 0.717) is 0 Å². The molecule has 0 aromatic carbocycles. The topological polar surface area (TPSA) is 0 Å². The summed E-state index contributed by atoms with van der Waals surface area (Å²) in [7, 11) is 0. The molecule has 0 heteroatoms. The van der Waals surface area contributed by atoms with E-state index in [-0.39, 0.29) is 0 Å². The van der Waals surface area contributed by atoms with Crippen LogP contribution in [0.15, 0.2) is 0 Å². The summed E-state index contributed by atoms with van der Waals surface area (Å²) in [6, 6.07) is 0. The predicted octanol–water partition coefficient (Wildman–Crippen LogP) is 3.37. The number of rotatable bonds is 0. The molecular weight excluding hydrogens is 144 g/mol.